The number of hydrogen-bond donors (Lipinski definition) is 2. The van der Waals surface area contributed by atoms with E-state index in [0.717, 1.165) is 18.5 Å². The highest BCUT2D eigenvalue weighted by Gasteiger charge is 2.24. The van der Waals surface area contributed by atoms with Crippen molar-refractivity contribution in [2.45, 2.75) is 38.1 Å². The van der Waals surface area contributed by atoms with Crippen molar-refractivity contribution in [2.75, 3.05) is 25.0 Å². The Morgan fingerprint density at radius 2 is 1.90 bits per heavy atom. The summed E-state index contributed by atoms with van der Waals surface area (Å²) in [6, 6.07) is 10.0. The molecule has 20 heavy (non-hydrogen) atoms. The SMILES string of the molecule is O=C(CNc1ccccc1)N(CCO)C1CCCCC1. The number of anilines is 1. The highest BCUT2D eigenvalue weighted by atomic mass is 16.3. The van der Waals surface area contributed by atoms with E-state index >= 15 is 0 Å². The summed E-state index contributed by atoms with van der Waals surface area (Å²) < 4.78 is 0. The molecular formula is C16H24N2O2. The molecule has 1 aromatic carbocycles. The Bertz CT molecular complexity index is 402. The van der Waals surface area contributed by atoms with E-state index in [2.05, 4.69) is 5.32 Å². The average molecular weight is 276 g/mol. The molecule has 1 aliphatic rings. The third kappa shape index (κ3) is 4.23. The van der Waals surface area contributed by atoms with Crippen LogP contribution in [0, 0.1) is 0 Å². The first-order valence-electron chi connectivity index (χ1n) is 7.50. The van der Waals surface area contributed by atoms with Gasteiger partial charge in [0.15, 0.2) is 0 Å². The van der Waals surface area contributed by atoms with Crippen LogP contribution in [-0.2, 0) is 4.79 Å². The van der Waals surface area contributed by atoms with Gasteiger partial charge in [0.1, 0.15) is 0 Å². The van der Waals surface area contributed by atoms with Crippen molar-refractivity contribution in [1.82, 2.24) is 4.90 Å². The van der Waals surface area contributed by atoms with Crippen molar-refractivity contribution in [3.63, 3.8) is 0 Å². The Hall–Kier alpha value is -1.55. The monoisotopic (exact) mass is 276 g/mol. The Morgan fingerprint density at radius 3 is 2.55 bits per heavy atom. The minimum Gasteiger partial charge on any atom is -0.395 e. The van der Waals surface area contributed by atoms with Crippen molar-refractivity contribution >= 4 is 11.6 Å². The Labute approximate surface area is 120 Å². The van der Waals surface area contributed by atoms with E-state index in [9.17, 15) is 9.90 Å². The lowest BCUT2D eigenvalue weighted by Gasteiger charge is -2.34. The van der Waals surface area contributed by atoms with Gasteiger partial charge in [-0.3, -0.25) is 4.79 Å². The summed E-state index contributed by atoms with van der Waals surface area (Å²) in [5, 5.41) is 12.3. The second kappa shape index (κ2) is 7.90. The number of aliphatic hydroxyl groups excluding tert-OH is 1. The molecule has 110 valence electrons. The number of hydrogen-bond acceptors (Lipinski definition) is 3. The molecule has 4 nitrogen and oxygen atoms in total. The molecule has 0 saturated heterocycles. The third-order valence-corrected chi connectivity index (χ3v) is 3.89. The van der Waals surface area contributed by atoms with Crippen LogP contribution in [0.3, 0.4) is 0 Å². The summed E-state index contributed by atoms with van der Waals surface area (Å²) in [6.07, 6.45) is 5.77. The van der Waals surface area contributed by atoms with Crippen LogP contribution >= 0.6 is 0 Å². The summed E-state index contributed by atoms with van der Waals surface area (Å²) in [5.74, 6) is 0.0785. The number of benzene rings is 1. The quantitative estimate of drug-likeness (QED) is 0.838. The predicted octanol–water partition coefficient (Wildman–Crippen LogP) is 2.25. The number of nitrogens with one attached hydrogen (secondary N) is 1. The first kappa shape index (κ1) is 14.9. The largest absolute Gasteiger partial charge is 0.395 e. The fourth-order valence-corrected chi connectivity index (χ4v) is 2.85. The molecule has 0 bridgehead atoms. The Morgan fingerprint density at radius 1 is 1.20 bits per heavy atom. The highest BCUT2D eigenvalue weighted by molar-refractivity contribution is 5.81. The van der Waals surface area contributed by atoms with Crippen LogP contribution in [0.25, 0.3) is 0 Å². The molecular weight excluding hydrogens is 252 g/mol. The molecule has 0 atom stereocenters. The van der Waals surface area contributed by atoms with Gasteiger partial charge in [-0.2, -0.15) is 0 Å². The molecule has 0 aromatic heterocycles. The zero-order chi connectivity index (χ0) is 14.2. The molecule has 4 heteroatoms. The van der Waals surface area contributed by atoms with Gasteiger partial charge < -0.3 is 15.3 Å². The maximum atomic E-state index is 12.4. The lowest BCUT2D eigenvalue weighted by atomic mass is 9.94. The van der Waals surface area contributed by atoms with Gasteiger partial charge in [0.2, 0.25) is 5.91 Å². The van der Waals surface area contributed by atoms with E-state index < -0.39 is 0 Å². The van der Waals surface area contributed by atoms with Crippen LogP contribution in [-0.4, -0.2) is 41.7 Å². The normalized spacial score (nSPS) is 15.8. The summed E-state index contributed by atoms with van der Waals surface area (Å²) in [4.78, 5) is 14.2. The Balaban J connectivity index is 1.89. The van der Waals surface area contributed by atoms with Gasteiger partial charge in [-0.15, -0.1) is 0 Å². The molecule has 0 unspecified atom stereocenters. The fourth-order valence-electron chi connectivity index (χ4n) is 2.85. The molecule has 1 saturated carbocycles. The van der Waals surface area contributed by atoms with E-state index in [0.29, 0.717) is 19.1 Å². The van der Waals surface area contributed by atoms with Gasteiger partial charge >= 0.3 is 0 Å². The van der Waals surface area contributed by atoms with Crippen LogP contribution in [0.15, 0.2) is 30.3 Å². The van der Waals surface area contributed by atoms with Crippen molar-refractivity contribution in [3.05, 3.63) is 30.3 Å². The highest BCUT2D eigenvalue weighted by Crippen LogP contribution is 2.22. The van der Waals surface area contributed by atoms with Crippen LogP contribution in [0.4, 0.5) is 5.69 Å². The standard InChI is InChI=1S/C16H24N2O2/c19-12-11-18(15-9-5-2-6-10-15)16(20)13-17-14-7-3-1-4-8-14/h1,3-4,7-8,15,17,19H,2,5-6,9-13H2. The second-order valence-electron chi connectivity index (χ2n) is 5.32. The molecule has 0 heterocycles. The van der Waals surface area contributed by atoms with Crippen molar-refractivity contribution < 1.29 is 9.90 Å². The molecule has 2 rings (SSSR count). The summed E-state index contributed by atoms with van der Waals surface area (Å²) in [7, 11) is 0. The van der Waals surface area contributed by atoms with Crippen LogP contribution in [0.5, 0.6) is 0 Å². The van der Waals surface area contributed by atoms with Crippen molar-refractivity contribution in [2.24, 2.45) is 0 Å². The molecule has 0 radical (unpaired) electrons. The number of carbonyl (C=O) groups is 1. The number of nitrogens with zero attached hydrogens (tertiary/aromatic N) is 1. The van der Waals surface area contributed by atoms with Crippen LogP contribution in [0.1, 0.15) is 32.1 Å². The van der Waals surface area contributed by atoms with E-state index in [1.165, 1.54) is 19.3 Å². The predicted molar refractivity (Wildman–Crippen MR) is 80.6 cm³/mol. The van der Waals surface area contributed by atoms with Gasteiger partial charge in [-0.25, -0.2) is 0 Å². The summed E-state index contributed by atoms with van der Waals surface area (Å²) in [5.41, 5.74) is 0.952. The summed E-state index contributed by atoms with van der Waals surface area (Å²) >= 11 is 0. The number of aliphatic hydroxyl groups is 1. The first-order valence-corrected chi connectivity index (χ1v) is 7.50. The second-order valence-corrected chi connectivity index (χ2v) is 5.32. The maximum Gasteiger partial charge on any atom is 0.242 e. The van der Waals surface area contributed by atoms with Gasteiger partial charge in [0.05, 0.1) is 13.2 Å². The number of para-hydroxylation sites is 1. The van der Waals surface area contributed by atoms with E-state index in [1.54, 1.807) is 0 Å². The molecule has 1 aliphatic carbocycles. The van der Waals surface area contributed by atoms with Gasteiger partial charge in [-0.05, 0) is 25.0 Å². The van der Waals surface area contributed by atoms with Crippen molar-refractivity contribution in [3.8, 4) is 0 Å². The molecule has 0 aliphatic heterocycles. The average Bonchev–Trinajstić information content (AvgIpc) is 2.52. The zero-order valence-electron chi connectivity index (χ0n) is 11.9. The van der Waals surface area contributed by atoms with E-state index in [1.807, 2.05) is 35.2 Å². The molecule has 0 spiro atoms. The molecule has 1 fully saturated rings. The van der Waals surface area contributed by atoms with Gasteiger partial charge in [0.25, 0.3) is 0 Å². The number of amides is 1. The smallest absolute Gasteiger partial charge is 0.242 e. The maximum absolute atomic E-state index is 12.4. The van der Waals surface area contributed by atoms with Crippen molar-refractivity contribution in [1.29, 1.82) is 0 Å². The first-order chi connectivity index (χ1) is 9.81. The molecule has 1 aromatic rings. The topological polar surface area (TPSA) is 52.6 Å². The molecule has 2 N–H and O–H groups in total. The lowest BCUT2D eigenvalue weighted by molar-refractivity contribution is -0.132. The lowest BCUT2D eigenvalue weighted by Crippen LogP contribution is -2.45. The van der Waals surface area contributed by atoms with Gasteiger partial charge in [0, 0.05) is 18.3 Å². The van der Waals surface area contributed by atoms with Gasteiger partial charge in [-0.1, -0.05) is 37.5 Å². The number of carbonyl (C=O) groups excluding carboxylic acids is 1. The third-order valence-electron chi connectivity index (χ3n) is 3.89. The van der Waals surface area contributed by atoms with Crippen LogP contribution in [0.2, 0.25) is 0 Å². The zero-order valence-corrected chi connectivity index (χ0v) is 11.9. The minimum atomic E-state index is 0.0353. The number of rotatable bonds is 6. The van der Waals surface area contributed by atoms with Crippen LogP contribution < -0.4 is 5.32 Å². The minimum absolute atomic E-state index is 0.0353. The van der Waals surface area contributed by atoms with E-state index in [4.69, 9.17) is 0 Å². The Kier molecular flexibility index (Phi) is 5.87. The fraction of sp³-hybridized carbons (Fsp3) is 0.562. The van der Waals surface area contributed by atoms with E-state index in [-0.39, 0.29) is 12.5 Å². The molecule has 1 amide bonds. The summed E-state index contributed by atoms with van der Waals surface area (Å²) in [6.45, 7) is 0.772.